The molecule has 5 nitrogen and oxygen atoms in total. The Kier molecular flexibility index (Phi) is 8.02. The van der Waals surface area contributed by atoms with Crippen LogP contribution in [-0.4, -0.2) is 67.7 Å². The molecule has 0 aromatic heterocycles. The maximum absolute atomic E-state index is 12.0. The first kappa shape index (κ1) is 16.4. The van der Waals surface area contributed by atoms with Crippen molar-refractivity contribution in [2.75, 3.05) is 45.9 Å². The summed E-state index contributed by atoms with van der Waals surface area (Å²) < 4.78 is 5.23. The van der Waals surface area contributed by atoms with Crippen molar-refractivity contribution < 1.29 is 9.53 Å². The van der Waals surface area contributed by atoms with E-state index in [4.69, 9.17) is 10.5 Å². The Balaban J connectivity index is 2.29. The minimum atomic E-state index is 0.222. The van der Waals surface area contributed by atoms with Crippen LogP contribution in [0.5, 0.6) is 0 Å². The van der Waals surface area contributed by atoms with E-state index >= 15 is 0 Å². The fraction of sp³-hybridized carbons (Fsp3) is 0.929. The van der Waals surface area contributed by atoms with Gasteiger partial charge >= 0.3 is 0 Å². The smallest absolute Gasteiger partial charge is 0.224 e. The van der Waals surface area contributed by atoms with Gasteiger partial charge in [-0.2, -0.15) is 0 Å². The van der Waals surface area contributed by atoms with Crippen LogP contribution >= 0.6 is 0 Å². The summed E-state index contributed by atoms with van der Waals surface area (Å²) in [5.74, 6) is 0.222. The Hall–Kier alpha value is -0.650. The van der Waals surface area contributed by atoms with Gasteiger partial charge in [-0.05, 0) is 26.3 Å². The maximum Gasteiger partial charge on any atom is 0.224 e. The van der Waals surface area contributed by atoms with Gasteiger partial charge in [-0.25, -0.2) is 0 Å². The lowest BCUT2D eigenvalue weighted by atomic mass is 10.1. The Labute approximate surface area is 117 Å². The summed E-state index contributed by atoms with van der Waals surface area (Å²) >= 11 is 0. The highest BCUT2D eigenvalue weighted by Gasteiger charge is 2.24. The number of rotatable bonds is 8. The summed E-state index contributed by atoms with van der Waals surface area (Å²) in [6.07, 6.45) is 2.69. The lowest BCUT2D eigenvalue weighted by Crippen LogP contribution is -2.52. The number of carbonyl (C=O) groups is 1. The van der Waals surface area contributed by atoms with Crippen LogP contribution in [-0.2, 0) is 9.53 Å². The first-order valence-electron chi connectivity index (χ1n) is 7.52. The zero-order valence-electron chi connectivity index (χ0n) is 12.4. The minimum Gasteiger partial charge on any atom is -0.381 e. The molecule has 5 heteroatoms. The molecule has 0 aromatic rings. The standard InChI is InChI=1S/C14H29N3O2/c1-3-13(5-7-15)16-8-10-17(11-9-16)14(18)6-12-19-4-2/h13H,3-12,15H2,1-2H3. The lowest BCUT2D eigenvalue weighted by molar-refractivity contribution is -0.134. The van der Waals surface area contributed by atoms with Gasteiger partial charge in [0, 0.05) is 38.8 Å². The molecular weight excluding hydrogens is 242 g/mol. The van der Waals surface area contributed by atoms with Gasteiger partial charge in [0.15, 0.2) is 0 Å². The van der Waals surface area contributed by atoms with Gasteiger partial charge in [-0.15, -0.1) is 0 Å². The molecular formula is C14H29N3O2. The van der Waals surface area contributed by atoms with Crippen LogP contribution < -0.4 is 5.73 Å². The number of amides is 1. The van der Waals surface area contributed by atoms with Crippen LogP contribution in [0.4, 0.5) is 0 Å². The predicted molar refractivity (Wildman–Crippen MR) is 77.0 cm³/mol. The number of hydrogen-bond donors (Lipinski definition) is 1. The van der Waals surface area contributed by atoms with Crippen LogP contribution in [0, 0.1) is 0 Å². The second kappa shape index (κ2) is 9.28. The molecule has 112 valence electrons. The predicted octanol–water partition coefficient (Wildman–Crippen LogP) is 0.685. The number of piperazine rings is 1. The summed E-state index contributed by atoms with van der Waals surface area (Å²) in [5, 5.41) is 0. The third-order valence-corrected chi connectivity index (χ3v) is 3.82. The molecule has 19 heavy (non-hydrogen) atoms. The van der Waals surface area contributed by atoms with Crippen LogP contribution in [0.25, 0.3) is 0 Å². The van der Waals surface area contributed by atoms with E-state index < -0.39 is 0 Å². The average molecular weight is 271 g/mol. The topological polar surface area (TPSA) is 58.8 Å². The summed E-state index contributed by atoms with van der Waals surface area (Å²) in [6.45, 7) is 9.74. The summed E-state index contributed by atoms with van der Waals surface area (Å²) in [5.41, 5.74) is 5.65. The zero-order valence-corrected chi connectivity index (χ0v) is 12.4. The van der Waals surface area contributed by atoms with Crippen molar-refractivity contribution in [3.05, 3.63) is 0 Å². The van der Waals surface area contributed by atoms with Gasteiger partial charge in [-0.1, -0.05) is 6.92 Å². The van der Waals surface area contributed by atoms with E-state index in [1.54, 1.807) is 0 Å². The van der Waals surface area contributed by atoms with Crippen LogP contribution in [0.1, 0.15) is 33.1 Å². The van der Waals surface area contributed by atoms with E-state index in [0.29, 0.717) is 25.7 Å². The van der Waals surface area contributed by atoms with Crippen molar-refractivity contribution >= 4 is 5.91 Å². The molecule has 1 aliphatic heterocycles. The highest BCUT2D eigenvalue weighted by atomic mass is 16.5. The van der Waals surface area contributed by atoms with E-state index in [0.717, 1.165) is 45.6 Å². The molecule has 2 N–H and O–H groups in total. The molecule has 1 amide bonds. The summed E-state index contributed by atoms with van der Waals surface area (Å²) in [7, 11) is 0. The van der Waals surface area contributed by atoms with E-state index in [2.05, 4.69) is 11.8 Å². The molecule has 0 bridgehead atoms. The van der Waals surface area contributed by atoms with Crippen molar-refractivity contribution in [2.45, 2.75) is 39.2 Å². The van der Waals surface area contributed by atoms with Gasteiger partial charge < -0.3 is 15.4 Å². The number of carbonyl (C=O) groups excluding carboxylic acids is 1. The number of nitrogens with two attached hydrogens (primary N) is 1. The Morgan fingerprint density at radius 1 is 1.26 bits per heavy atom. The van der Waals surface area contributed by atoms with Crippen LogP contribution in [0.15, 0.2) is 0 Å². The van der Waals surface area contributed by atoms with Crippen molar-refractivity contribution in [2.24, 2.45) is 5.73 Å². The molecule has 0 aliphatic carbocycles. The van der Waals surface area contributed by atoms with Crippen LogP contribution in [0.2, 0.25) is 0 Å². The third kappa shape index (κ3) is 5.47. The van der Waals surface area contributed by atoms with Crippen molar-refractivity contribution in [1.29, 1.82) is 0 Å². The third-order valence-electron chi connectivity index (χ3n) is 3.82. The molecule has 0 saturated carbocycles. The SMILES string of the molecule is CCOCCC(=O)N1CCN(C(CC)CCN)CC1. The quantitative estimate of drug-likeness (QED) is 0.660. The number of hydrogen-bond acceptors (Lipinski definition) is 4. The highest BCUT2D eigenvalue weighted by molar-refractivity contribution is 5.76. The normalized spacial score (nSPS) is 18.6. The zero-order chi connectivity index (χ0) is 14.1. The van der Waals surface area contributed by atoms with E-state index in [9.17, 15) is 4.79 Å². The molecule has 1 unspecified atom stereocenters. The maximum atomic E-state index is 12.0. The minimum absolute atomic E-state index is 0.222. The van der Waals surface area contributed by atoms with Crippen LogP contribution in [0.3, 0.4) is 0 Å². The monoisotopic (exact) mass is 271 g/mol. The molecule has 1 fully saturated rings. The first-order chi connectivity index (χ1) is 9.22. The molecule has 1 aliphatic rings. The largest absolute Gasteiger partial charge is 0.381 e. The van der Waals surface area contributed by atoms with Gasteiger partial charge in [0.05, 0.1) is 13.0 Å². The van der Waals surface area contributed by atoms with Crippen molar-refractivity contribution in [3.63, 3.8) is 0 Å². The van der Waals surface area contributed by atoms with Gasteiger partial charge in [0.2, 0.25) is 5.91 Å². The molecule has 1 rings (SSSR count). The molecule has 1 atom stereocenters. The van der Waals surface area contributed by atoms with Gasteiger partial charge in [-0.3, -0.25) is 9.69 Å². The Morgan fingerprint density at radius 3 is 2.47 bits per heavy atom. The van der Waals surface area contributed by atoms with Gasteiger partial charge in [0.1, 0.15) is 0 Å². The Bertz CT molecular complexity index is 253. The van der Waals surface area contributed by atoms with E-state index in [1.165, 1.54) is 0 Å². The second-order valence-corrected chi connectivity index (χ2v) is 5.00. The first-order valence-corrected chi connectivity index (χ1v) is 7.52. The molecule has 1 saturated heterocycles. The number of nitrogens with zero attached hydrogens (tertiary/aromatic N) is 2. The summed E-state index contributed by atoms with van der Waals surface area (Å²) in [4.78, 5) is 16.4. The van der Waals surface area contributed by atoms with Gasteiger partial charge in [0.25, 0.3) is 0 Å². The molecule has 0 aromatic carbocycles. The van der Waals surface area contributed by atoms with Crippen molar-refractivity contribution in [1.82, 2.24) is 9.80 Å². The lowest BCUT2D eigenvalue weighted by Gasteiger charge is -2.39. The fourth-order valence-corrected chi connectivity index (χ4v) is 2.64. The molecule has 1 heterocycles. The number of ether oxygens (including phenoxy) is 1. The summed E-state index contributed by atoms with van der Waals surface area (Å²) in [6, 6.07) is 0.575. The highest BCUT2D eigenvalue weighted by Crippen LogP contribution is 2.12. The molecule has 0 spiro atoms. The molecule has 0 radical (unpaired) electrons. The van der Waals surface area contributed by atoms with Crippen molar-refractivity contribution in [3.8, 4) is 0 Å². The fourth-order valence-electron chi connectivity index (χ4n) is 2.64. The van der Waals surface area contributed by atoms with E-state index in [-0.39, 0.29) is 5.91 Å². The average Bonchev–Trinajstić information content (AvgIpc) is 2.45. The second-order valence-electron chi connectivity index (χ2n) is 5.00. The Morgan fingerprint density at radius 2 is 1.95 bits per heavy atom. The van der Waals surface area contributed by atoms with E-state index in [1.807, 2.05) is 11.8 Å².